The van der Waals surface area contributed by atoms with E-state index in [0.717, 1.165) is 38.4 Å². The molecular weight excluding hydrogens is 307 g/mol. The number of nitrogens with one attached hydrogen (secondary N) is 1. The minimum atomic E-state index is -0.172. The summed E-state index contributed by atoms with van der Waals surface area (Å²) in [6, 6.07) is 7.22. The monoisotopic (exact) mass is 330 g/mol. The van der Waals surface area contributed by atoms with Crippen molar-refractivity contribution >= 4 is 17.5 Å². The van der Waals surface area contributed by atoms with E-state index < -0.39 is 0 Å². The zero-order valence-corrected chi connectivity index (χ0v) is 14.1. The summed E-state index contributed by atoms with van der Waals surface area (Å²) >= 11 is 0. The van der Waals surface area contributed by atoms with E-state index in [2.05, 4.69) is 44.1 Å². The van der Waals surface area contributed by atoms with Gasteiger partial charge in [0.1, 0.15) is 5.82 Å². The van der Waals surface area contributed by atoms with E-state index in [-0.39, 0.29) is 5.82 Å². The van der Waals surface area contributed by atoms with Crippen molar-refractivity contribution in [3.63, 3.8) is 0 Å². The lowest BCUT2D eigenvalue weighted by Crippen LogP contribution is -2.47. The smallest absolute Gasteiger partial charge is 0.244 e. The largest absolute Gasteiger partial charge is 0.366 e. The summed E-state index contributed by atoms with van der Waals surface area (Å²) < 4.78 is 13.9. The Bertz CT molecular complexity index is 672. The van der Waals surface area contributed by atoms with E-state index >= 15 is 0 Å². The van der Waals surface area contributed by atoms with Crippen LogP contribution in [-0.2, 0) is 0 Å². The molecule has 0 saturated carbocycles. The third kappa shape index (κ3) is 3.72. The van der Waals surface area contributed by atoms with Crippen LogP contribution >= 0.6 is 0 Å². The quantitative estimate of drug-likeness (QED) is 0.909. The van der Waals surface area contributed by atoms with Crippen molar-refractivity contribution in [3.8, 4) is 0 Å². The summed E-state index contributed by atoms with van der Waals surface area (Å²) in [5, 5.41) is 11.3. The average Bonchev–Trinajstić information content (AvgIpc) is 2.62. The van der Waals surface area contributed by atoms with E-state index in [4.69, 9.17) is 0 Å². The molecule has 1 aromatic heterocycles. The van der Waals surface area contributed by atoms with Gasteiger partial charge >= 0.3 is 0 Å². The molecule has 0 spiro atoms. The zero-order chi connectivity index (χ0) is 16.9. The fourth-order valence-electron chi connectivity index (χ4n) is 2.72. The summed E-state index contributed by atoms with van der Waals surface area (Å²) in [7, 11) is 0. The Morgan fingerprint density at radius 3 is 2.58 bits per heavy atom. The summed E-state index contributed by atoms with van der Waals surface area (Å²) in [5.74, 6) is 1.19. The number of nitrogens with zero attached hydrogens (tertiary/aromatic N) is 5. The van der Waals surface area contributed by atoms with Crippen LogP contribution < -0.4 is 15.1 Å². The molecule has 0 bridgehead atoms. The Balaban J connectivity index is 1.64. The molecule has 1 N–H and O–H groups in total. The van der Waals surface area contributed by atoms with Crippen LogP contribution in [0.5, 0.6) is 0 Å². The van der Waals surface area contributed by atoms with Crippen molar-refractivity contribution in [1.82, 2.24) is 15.2 Å². The van der Waals surface area contributed by atoms with Crippen molar-refractivity contribution < 1.29 is 4.39 Å². The fourth-order valence-corrected chi connectivity index (χ4v) is 2.72. The van der Waals surface area contributed by atoms with Crippen molar-refractivity contribution in [1.29, 1.82) is 0 Å². The first-order valence-corrected chi connectivity index (χ1v) is 8.38. The van der Waals surface area contributed by atoms with Gasteiger partial charge in [-0.1, -0.05) is 19.1 Å². The number of anilines is 3. The maximum absolute atomic E-state index is 13.9. The molecule has 0 aliphatic carbocycles. The van der Waals surface area contributed by atoms with Crippen LogP contribution in [0.4, 0.5) is 21.8 Å². The predicted molar refractivity (Wildman–Crippen MR) is 94.0 cm³/mol. The number of hydrogen-bond donors (Lipinski definition) is 1. The second-order valence-electron chi connectivity index (χ2n) is 6.02. The number of rotatable bonds is 5. The molecule has 128 valence electrons. The second-order valence-corrected chi connectivity index (χ2v) is 6.02. The first-order chi connectivity index (χ1) is 11.7. The maximum Gasteiger partial charge on any atom is 0.244 e. The van der Waals surface area contributed by atoms with Gasteiger partial charge < -0.3 is 15.1 Å². The van der Waals surface area contributed by atoms with E-state index in [1.165, 1.54) is 6.07 Å². The van der Waals surface area contributed by atoms with Crippen LogP contribution in [0.25, 0.3) is 0 Å². The van der Waals surface area contributed by atoms with Crippen molar-refractivity contribution in [3.05, 3.63) is 36.3 Å². The van der Waals surface area contributed by atoms with Gasteiger partial charge in [0, 0.05) is 32.2 Å². The van der Waals surface area contributed by atoms with Gasteiger partial charge in [0.15, 0.2) is 5.82 Å². The van der Waals surface area contributed by atoms with Gasteiger partial charge in [-0.15, -0.1) is 5.10 Å². The van der Waals surface area contributed by atoms with E-state index in [0.29, 0.717) is 17.7 Å². The maximum atomic E-state index is 13.9. The number of hydrogen-bond acceptors (Lipinski definition) is 6. The molecule has 2 aromatic rings. The first kappa shape index (κ1) is 16.4. The Kier molecular flexibility index (Phi) is 5.08. The average molecular weight is 330 g/mol. The zero-order valence-electron chi connectivity index (χ0n) is 14.1. The van der Waals surface area contributed by atoms with Crippen LogP contribution in [-0.4, -0.2) is 47.4 Å². The van der Waals surface area contributed by atoms with Crippen LogP contribution in [0.15, 0.2) is 30.5 Å². The van der Waals surface area contributed by atoms with Crippen molar-refractivity contribution in [2.24, 2.45) is 0 Å². The number of aromatic nitrogens is 3. The van der Waals surface area contributed by atoms with E-state index in [1.807, 2.05) is 12.1 Å². The Morgan fingerprint density at radius 1 is 1.17 bits per heavy atom. The Hall–Kier alpha value is -2.44. The van der Waals surface area contributed by atoms with E-state index in [1.54, 1.807) is 12.3 Å². The highest BCUT2D eigenvalue weighted by Gasteiger charge is 2.20. The molecule has 2 heterocycles. The number of para-hydroxylation sites is 1. The van der Waals surface area contributed by atoms with Gasteiger partial charge in [-0.3, -0.25) is 0 Å². The third-order valence-corrected chi connectivity index (χ3v) is 4.33. The molecule has 1 unspecified atom stereocenters. The van der Waals surface area contributed by atoms with Crippen molar-refractivity contribution in [2.45, 2.75) is 26.3 Å². The molecule has 6 nitrogen and oxygen atoms in total. The molecule has 3 rings (SSSR count). The lowest BCUT2D eigenvalue weighted by Gasteiger charge is -2.36. The number of piperazine rings is 1. The normalized spacial score (nSPS) is 16.1. The molecule has 0 radical (unpaired) electrons. The second kappa shape index (κ2) is 7.42. The number of benzene rings is 1. The molecule has 7 heteroatoms. The van der Waals surface area contributed by atoms with E-state index in [9.17, 15) is 4.39 Å². The lowest BCUT2D eigenvalue weighted by atomic mass is 10.2. The fraction of sp³-hybridized carbons (Fsp3) is 0.471. The minimum Gasteiger partial charge on any atom is -0.366 e. The van der Waals surface area contributed by atoms with Gasteiger partial charge in [-0.05, 0) is 25.5 Å². The van der Waals surface area contributed by atoms with Crippen molar-refractivity contribution in [2.75, 3.05) is 41.3 Å². The Labute approximate surface area is 141 Å². The molecule has 1 saturated heterocycles. The van der Waals surface area contributed by atoms with Crippen LogP contribution in [0.3, 0.4) is 0 Å². The van der Waals surface area contributed by atoms with Gasteiger partial charge in [-0.25, -0.2) is 4.39 Å². The molecule has 1 fully saturated rings. The summed E-state index contributed by atoms with van der Waals surface area (Å²) in [6.45, 7) is 7.24. The number of halogens is 1. The predicted octanol–water partition coefficient (Wildman–Crippen LogP) is 2.55. The highest BCUT2D eigenvalue weighted by Crippen LogP contribution is 2.22. The van der Waals surface area contributed by atoms with Gasteiger partial charge in [0.05, 0.1) is 11.9 Å². The standard InChI is InChI=1S/C17H23FN6/c1-3-13(2)20-17-21-16(12-19-22-17)24-10-8-23(9-11-24)15-7-5-4-6-14(15)18/h4-7,12-13H,3,8-11H2,1-2H3,(H,20,21,22). The third-order valence-electron chi connectivity index (χ3n) is 4.33. The summed E-state index contributed by atoms with van der Waals surface area (Å²) in [6.07, 6.45) is 2.68. The molecule has 1 aliphatic rings. The minimum absolute atomic E-state index is 0.172. The van der Waals surface area contributed by atoms with Gasteiger partial charge in [0.25, 0.3) is 0 Å². The molecular formula is C17H23FN6. The summed E-state index contributed by atoms with van der Waals surface area (Å²) in [4.78, 5) is 8.78. The summed E-state index contributed by atoms with van der Waals surface area (Å²) in [5.41, 5.74) is 0.664. The SMILES string of the molecule is CCC(C)Nc1nncc(N2CCN(c3ccccc3F)CC2)n1. The highest BCUT2D eigenvalue weighted by atomic mass is 19.1. The van der Waals surface area contributed by atoms with Gasteiger partial charge in [0.2, 0.25) is 5.95 Å². The van der Waals surface area contributed by atoms with Crippen LogP contribution in [0.2, 0.25) is 0 Å². The Morgan fingerprint density at radius 2 is 1.88 bits per heavy atom. The van der Waals surface area contributed by atoms with Crippen LogP contribution in [0, 0.1) is 5.82 Å². The van der Waals surface area contributed by atoms with Crippen LogP contribution in [0.1, 0.15) is 20.3 Å². The lowest BCUT2D eigenvalue weighted by molar-refractivity contribution is 0.595. The molecule has 1 aliphatic heterocycles. The highest BCUT2D eigenvalue weighted by molar-refractivity contribution is 5.50. The molecule has 1 atom stereocenters. The molecule has 1 aromatic carbocycles. The molecule has 24 heavy (non-hydrogen) atoms. The van der Waals surface area contributed by atoms with Gasteiger partial charge in [-0.2, -0.15) is 10.1 Å². The molecule has 0 amide bonds. The topological polar surface area (TPSA) is 57.2 Å². The first-order valence-electron chi connectivity index (χ1n) is 8.38.